The van der Waals surface area contributed by atoms with E-state index in [1.807, 2.05) is 21.1 Å². The average Bonchev–Trinajstić information content (AvgIpc) is 3.18. The highest BCUT2D eigenvalue weighted by Crippen LogP contribution is 2.14. The predicted octanol–water partition coefficient (Wildman–Crippen LogP) is 10.8. The second kappa shape index (κ2) is 40.8. The third kappa shape index (κ3) is 41.2. The highest BCUT2D eigenvalue weighted by molar-refractivity contribution is 5.70. The predicted molar refractivity (Wildman–Crippen MR) is 237 cm³/mol. The van der Waals surface area contributed by atoms with Crippen LogP contribution in [0.15, 0.2) is 60.8 Å². The Morgan fingerprint density at radius 1 is 0.534 bits per heavy atom. The van der Waals surface area contributed by atoms with Gasteiger partial charge in [0.05, 0.1) is 40.3 Å². The number of carboxylic acids is 1. The maximum Gasteiger partial charge on any atom is 0.306 e. The summed E-state index contributed by atoms with van der Waals surface area (Å²) in [4.78, 5) is 36.9. The lowest BCUT2D eigenvalue weighted by Crippen LogP contribution is -2.44. The van der Waals surface area contributed by atoms with Gasteiger partial charge in [0.25, 0.3) is 0 Å². The minimum Gasteiger partial charge on any atom is -0.545 e. The number of carbonyl (C=O) groups excluding carboxylic acids is 3. The van der Waals surface area contributed by atoms with Crippen molar-refractivity contribution in [3.8, 4) is 0 Å². The van der Waals surface area contributed by atoms with E-state index < -0.39 is 24.3 Å². The molecule has 0 rings (SSSR count). The molecule has 0 fully saturated rings. The SMILES string of the molecule is CC/C=C\C/C=C\C/C=C\C/C=C\CCCCCCCCCCCCC(=O)OC(COC(=O)CCCCCCC/C=C\CCC)COC(OCC[N+](C)(C)C)C(=O)[O-]. The van der Waals surface area contributed by atoms with Crippen LogP contribution in [0.4, 0.5) is 0 Å². The van der Waals surface area contributed by atoms with Gasteiger partial charge < -0.3 is 33.3 Å². The van der Waals surface area contributed by atoms with Gasteiger partial charge in [0.2, 0.25) is 0 Å². The number of aliphatic carboxylic acids is 1. The van der Waals surface area contributed by atoms with E-state index >= 15 is 0 Å². The summed E-state index contributed by atoms with van der Waals surface area (Å²) in [6, 6.07) is 0. The van der Waals surface area contributed by atoms with Crippen molar-refractivity contribution in [3.63, 3.8) is 0 Å². The van der Waals surface area contributed by atoms with E-state index in [1.54, 1.807) is 0 Å². The molecule has 0 aliphatic heterocycles. The van der Waals surface area contributed by atoms with Gasteiger partial charge in [-0.05, 0) is 70.6 Å². The standard InChI is InChI=1S/C49H85NO8/c1-6-8-10-12-14-16-18-19-20-21-22-23-24-25-26-27-28-29-30-32-34-36-38-40-47(52)58-45(44-57-49(48(53)54)55-42-41-50(3,4)5)43-56-46(51)39-37-35-33-31-17-15-13-11-9-7-2/h8,10-11,13-14,16,19-20,22-23,45,49H,6-7,9,12,15,17-18,21,24-44H2,1-5H3/b10-8-,13-11-,16-14-,20-19-,23-22-. The summed E-state index contributed by atoms with van der Waals surface area (Å²) in [5.74, 6) is -2.31. The van der Waals surface area contributed by atoms with Gasteiger partial charge in [-0.3, -0.25) is 9.59 Å². The van der Waals surface area contributed by atoms with Gasteiger partial charge in [-0.1, -0.05) is 152 Å². The van der Waals surface area contributed by atoms with Crippen LogP contribution in [-0.4, -0.2) is 82.3 Å². The lowest BCUT2D eigenvalue weighted by Gasteiger charge is -2.26. The molecule has 9 nitrogen and oxygen atoms in total. The molecule has 2 unspecified atom stereocenters. The monoisotopic (exact) mass is 816 g/mol. The van der Waals surface area contributed by atoms with Crippen molar-refractivity contribution in [2.45, 2.75) is 187 Å². The van der Waals surface area contributed by atoms with Crippen LogP contribution in [0, 0.1) is 0 Å². The lowest BCUT2D eigenvalue weighted by atomic mass is 10.0. The molecular formula is C49H85NO8. The number of carbonyl (C=O) groups is 3. The van der Waals surface area contributed by atoms with Crippen molar-refractivity contribution in [1.29, 1.82) is 0 Å². The number of ether oxygens (including phenoxy) is 4. The minimum atomic E-state index is -1.62. The van der Waals surface area contributed by atoms with Crippen molar-refractivity contribution in [3.05, 3.63) is 60.8 Å². The first-order valence-corrected chi connectivity index (χ1v) is 22.9. The van der Waals surface area contributed by atoms with Gasteiger partial charge in [-0.15, -0.1) is 0 Å². The first-order chi connectivity index (χ1) is 28.1. The molecule has 0 aromatic carbocycles. The maximum atomic E-state index is 12.8. The maximum absolute atomic E-state index is 12.8. The van der Waals surface area contributed by atoms with Gasteiger partial charge in [-0.25, -0.2) is 0 Å². The normalized spacial score (nSPS) is 13.5. The molecule has 0 spiro atoms. The summed E-state index contributed by atoms with van der Waals surface area (Å²) >= 11 is 0. The Morgan fingerprint density at radius 3 is 1.48 bits per heavy atom. The Balaban J connectivity index is 4.33. The van der Waals surface area contributed by atoms with Crippen LogP contribution in [0.3, 0.4) is 0 Å². The number of hydrogen-bond acceptors (Lipinski definition) is 8. The van der Waals surface area contributed by atoms with E-state index in [4.69, 9.17) is 18.9 Å². The summed E-state index contributed by atoms with van der Waals surface area (Å²) in [7, 11) is 5.90. The van der Waals surface area contributed by atoms with Crippen molar-refractivity contribution < 1.29 is 42.9 Å². The molecule has 0 saturated carbocycles. The molecule has 0 heterocycles. The Labute approximate surface area is 355 Å². The lowest BCUT2D eigenvalue weighted by molar-refractivity contribution is -0.870. The quantitative estimate of drug-likeness (QED) is 0.0197. The molecule has 9 heteroatoms. The number of unbranched alkanes of at least 4 members (excludes halogenated alkanes) is 16. The Kier molecular flexibility index (Phi) is 38.6. The topological polar surface area (TPSA) is 111 Å². The Bertz CT molecular complexity index is 1140. The minimum absolute atomic E-state index is 0.143. The van der Waals surface area contributed by atoms with E-state index in [-0.39, 0.29) is 38.6 Å². The molecule has 0 aliphatic rings. The van der Waals surface area contributed by atoms with Crippen LogP contribution >= 0.6 is 0 Å². The molecule has 58 heavy (non-hydrogen) atoms. The van der Waals surface area contributed by atoms with Crippen LogP contribution in [0.25, 0.3) is 0 Å². The highest BCUT2D eigenvalue weighted by Gasteiger charge is 2.21. The van der Waals surface area contributed by atoms with E-state index in [9.17, 15) is 19.5 Å². The fourth-order valence-corrected chi connectivity index (χ4v) is 5.94. The third-order valence-electron chi connectivity index (χ3n) is 9.48. The van der Waals surface area contributed by atoms with E-state index in [2.05, 4.69) is 74.6 Å². The molecular weight excluding hydrogens is 731 g/mol. The summed E-state index contributed by atoms with van der Waals surface area (Å²) in [5.41, 5.74) is 0. The molecule has 0 bridgehead atoms. The first-order valence-electron chi connectivity index (χ1n) is 22.9. The number of carboxylic acid groups (broad SMARTS) is 1. The third-order valence-corrected chi connectivity index (χ3v) is 9.48. The fourth-order valence-electron chi connectivity index (χ4n) is 5.94. The molecule has 0 aromatic rings. The fraction of sp³-hybridized carbons (Fsp3) is 0.735. The number of nitrogens with zero attached hydrogens (tertiary/aromatic N) is 1. The summed E-state index contributed by atoms with van der Waals surface area (Å²) < 4.78 is 22.5. The van der Waals surface area contributed by atoms with Crippen molar-refractivity contribution in [2.24, 2.45) is 0 Å². The van der Waals surface area contributed by atoms with Crippen molar-refractivity contribution in [2.75, 3.05) is 47.5 Å². The van der Waals surface area contributed by atoms with E-state index in [0.717, 1.165) is 96.3 Å². The zero-order valence-electron chi connectivity index (χ0n) is 37.6. The summed E-state index contributed by atoms with van der Waals surface area (Å²) in [6.45, 7) is 4.53. The molecule has 0 amide bonds. The molecule has 0 radical (unpaired) electrons. The highest BCUT2D eigenvalue weighted by atomic mass is 16.7. The Hall–Kier alpha value is -3.01. The van der Waals surface area contributed by atoms with Gasteiger partial charge in [0.15, 0.2) is 12.4 Å². The zero-order valence-corrected chi connectivity index (χ0v) is 37.6. The number of allylic oxidation sites excluding steroid dienone is 10. The van der Waals surface area contributed by atoms with Crippen LogP contribution in [0.5, 0.6) is 0 Å². The molecule has 334 valence electrons. The number of quaternary nitrogens is 1. The largest absolute Gasteiger partial charge is 0.545 e. The number of rotatable bonds is 41. The second-order valence-electron chi connectivity index (χ2n) is 16.3. The first kappa shape index (κ1) is 55.0. The van der Waals surface area contributed by atoms with Crippen LogP contribution < -0.4 is 5.11 Å². The van der Waals surface area contributed by atoms with Gasteiger partial charge >= 0.3 is 11.9 Å². The van der Waals surface area contributed by atoms with Crippen LogP contribution in [0.2, 0.25) is 0 Å². The van der Waals surface area contributed by atoms with Gasteiger partial charge in [-0.2, -0.15) is 0 Å². The number of esters is 2. The smallest absolute Gasteiger partial charge is 0.306 e. The molecule has 0 N–H and O–H groups in total. The number of hydrogen-bond donors (Lipinski definition) is 0. The van der Waals surface area contributed by atoms with Gasteiger partial charge in [0.1, 0.15) is 13.2 Å². The van der Waals surface area contributed by atoms with E-state index in [1.165, 1.54) is 44.9 Å². The number of likely N-dealkylation sites (N-methyl/N-ethyl adjacent to an activating group) is 1. The van der Waals surface area contributed by atoms with Crippen LogP contribution in [-0.2, 0) is 33.3 Å². The van der Waals surface area contributed by atoms with Crippen molar-refractivity contribution in [1.82, 2.24) is 0 Å². The summed E-state index contributed by atoms with van der Waals surface area (Å²) in [5, 5.41) is 11.7. The summed E-state index contributed by atoms with van der Waals surface area (Å²) in [6.07, 6.45) is 45.5. The molecule has 0 saturated heterocycles. The van der Waals surface area contributed by atoms with E-state index in [0.29, 0.717) is 17.4 Å². The van der Waals surface area contributed by atoms with Crippen LogP contribution in [0.1, 0.15) is 174 Å². The average molecular weight is 816 g/mol. The molecule has 0 aliphatic carbocycles. The molecule has 2 atom stereocenters. The Morgan fingerprint density at radius 2 is 0.983 bits per heavy atom. The second-order valence-corrected chi connectivity index (χ2v) is 16.3. The molecule has 0 aromatic heterocycles. The van der Waals surface area contributed by atoms with Crippen molar-refractivity contribution >= 4 is 17.9 Å². The van der Waals surface area contributed by atoms with Gasteiger partial charge in [0, 0.05) is 12.8 Å². The zero-order chi connectivity index (χ0) is 42.8.